The SMILES string of the molecule is CCC(CC)n1ccc(CC(C)(N)c2ccccc2Cl)n1. The quantitative estimate of drug-likeness (QED) is 0.864. The predicted octanol–water partition coefficient (Wildman–Crippen LogP) is 4.31. The molecule has 1 aromatic carbocycles. The van der Waals surface area contributed by atoms with Crippen LogP contribution >= 0.6 is 11.6 Å². The molecule has 0 aliphatic heterocycles. The Bertz CT molecular complexity index is 585. The van der Waals surface area contributed by atoms with Gasteiger partial charge < -0.3 is 5.73 Å². The Morgan fingerprint density at radius 1 is 1.24 bits per heavy atom. The highest BCUT2D eigenvalue weighted by molar-refractivity contribution is 6.31. The van der Waals surface area contributed by atoms with Crippen molar-refractivity contribution in [3.05, 3.63) is 52.8 Å². The van der Waals surface area contributed by atoms with Crippen LogP contribution in [0.4, 0.5) is 0 Å². The summed E-state index contributed by atoms with van der Waals surface area (Å²) in [6, 6.07) is 10.3. The zero-order valence-corrected chi connectivity index (χ0v) is 13.8. The van der Waals surface area contributed by atoms with Crippen LogP contribution in [0.3, 0.4) is 0 Å². The van der Waals surface area contributed by atoms with Crippen molar-refractivity contribution in [3.63, 3.8) is 0 Å². The van der Waals surface area contributed by atoms with Gasteiger partial charge in [0.1, 0.15) is 0 Å². The van der Waals surface area contributed by atoms with Gasteiger partial charge in [-0.3, -0.25) is 4.68 Å². The summed E-state index contributed by atoms with van der Waals surface area (Å²) < 4.78 is 2.05. The molecule has 114 valence electrons. The first-order valence-corrected chi connectivity index (χ1v) is 7.93. The maximum atomic E-state index is 6.49. The highest BCUT2D eigenvalue weighted by atomic mass is 35.5. The first kappa shape index (κ1) is 16.1. The van der Waals surface area contributed by atoms with Crippen LogP contribution in [0.15, 0.2) is 36.5 Å². The average Bonchev–Trinajstić information content (AvgIpc) is 2.88. The van der Waals surface area contributed by atoms with E-state index in [4.69, 9.17) is 17.3 Å². The molecule has 1 unspecified atom stereocenters. The van der Waals surface area contributed by atoms with E-state index in [1.54, 1.807) is 0 Å². The van der Waals surface area contributed by atoms with Crippen molar-refractivity contribution in [3.8, 4) is 0 Å². The topological polar surface area (TPSA) is 43.8 Å². The second-order valence-corrected chi connectivity index (χ2v) is 6.24. The molecule has 0 fully saturated rings. The predicted molar refractivity (Wildman–Crippen MR) is 88.5 cm³/mol. The molecular formula is C17H24ClN3. The molecule has 0 spiro atoms. The zero-order chi connectivity index (χ0) is 15.5. The van der Waals surface area contributed by atoms with Crippen molar-refractivity contribution in [2.75, 3.05) is 0 Å². The van der Waals surface area contributed by atoms with Gasteiger partial charge in [-0.1, -0.05) is 43.6 Å². The number of nitrogens with two attached hydrogens (primary N) is 1. The molecule has 2 rings (SSSR count). The summed E-state index contributed by atoms with van der Waals surface area (Å²) in [6.07, 6.45) is 4.89. The third-order valence-corrected chi connectivity index (χ3v) is 4.35. The maximum Gasteiger partial charge on any atom is 0.0646 e. The summed E-state index contributed by atoms with van der Waals surface area (Å²) in [4.78, 5) is 0. The molecule has 0 aliphatic rings. The number of benzene rings is 1. The second kappa shape index (κ2) is 6.63. The molecule has 2 aromatic rings. The summed E-state index contributed by atoms with van der Waals surface area (Å²) in [5.74, 6) is 0. The van der Waals surface area contributed by atoms with Crippen molar-refractivity contribution in [2.45, 2.75) is 51.6 Å². The lowest BCUT2D eigenvalue weighted by atomic mass is 9.88. The van der Waals surface area contributed by atoms with Crippen molar-refractivity contribution in [1.82, 2.24) is 9.78 Å². The standard InChI is InChI=1S/C17H24ClN3/c1-4-14(5-2)21-11-10-13(20-21)12-17(3,19)15-8-6-7-9-16(15)18/h6-11,14H,4-5,12,19H2,1-3H3. The van der Waals surface area contributed by atoms with E-state index in [-0.39, 0.29) is 0 Å². The Hall–Kier alpha value is -1.32. The number of hydrogen-bond donors (Lipinski definition) is 1. The average molecular weight is 306 g/mol. The molecule has 1 atom stereocenters. The van der Waals surface area contributed by atoms with Gasteiger partial charge >= 0.3 is 0 Å². The van der Waals surface area contributed by atoms with Crippen molar-refractivity contribution in [1.29, 1.82) is 0 Å². The molecule has 0 saturated heterocycles. The molecule has 21 heavy (non-hydrogen) atoms. The Morgan fingerprint density at radius 2 is 1.90 bits per heavy atom. The van der Waals surface area contributed by atoms with Crippen LogP contribution in [0, 0.1) is 0 Å². The fraction of sp³-hybridized carbons (Fsp3) is 0.471. The van der Waals surface area contributed by atoms with E-state index in [1.807, 2.05) is 31.2 Å². The van der Waals surface area contributed by atoms with Gasteiger partial charge in [0.05, 0.1) is 11.7 Å². The third kappa shape index (κ3) is 3.66. The van der Waals surface area contributed by atoms with Crippen molar-refractivity contribution >= 4 is 11.6 Å². The van der Waals surface area contributed by atoms with Gasteiger partial charge in [0.25, 0.3) is 0 Å². The molecule has 1 heterocycles. The molecule has 0 radical (unpaired) electrons. The lowest BCUT2D eigenvalue weighted by molar-refractivity contribution is 0.417. The molecular weight excluding hydrogens is 282 g/mol. The minimum atomic E-state index is -0.522. The smallest absolute Gasteiger partial charge is 0.0646 e. The summed E-state index contributed by atoms with van der Waals surface area (Å²) in [5, 5.41) is 5.40. The minimum absolute atomic E-state index is 0.461. The van der Waals surface area contributed by atoms with E-state index in [0.717, 1.165) is 24.1 Å². The van der Waals surface area contributed by atoms with E-state index in [1.165, 1.54) is 0 Å². The van der Waals surface area contributed by atoms with E-state index in [9.17, 15) is 0 Å². The van der Waals surface area contributed by atoms with Crippen LogP contribution in [0.25, 0.3) is 0 Å². The largest absolute Gasteiger partial charge is 0.321 e. The third-order valence-electron chi connectivity index (χ3n) is 4.02. The molecule has 0 aliphatic carbocycles. The summed E-state index contributed by atoms with van der Waals surface area (Å²) in [7, 11) is 0. The van der Waals surface area contributed by atoms with Crippen LogP contribution in [0.2, 0.25) is 5.02 Å². The number of halogens is 1. The van der Waals surface area contributed by atoms with Gasteiger partial charge in [0.2, 0.25) is 0 Å². The van der Waals surface area contributed by atoms with Gasteiger partial charge in [0, 0.05) is 23.2 Å². The molecule has 1 aromatic heterocycles. The Labute approximate surface area is 132 Å². The van der Waals surface area contributed by atoms with Crippen molar-refractivity contribution in [2.24, 2.45) is 5.73 Å². The number of hydrogen-bond acceptors (Lipinski definition) is 2. The zero-order valence-electron chi connectivity index (χ0n) is 13.0. The van der Waals surface area contributed by atoms with Crippen LogP contribution in [-0.4, -0.2) is 9.78 Å². The summed E-state index contributed by atoms with van der Waals surface area (Å²) in [5.41, 5.74) is 7.93. The number of rotatable bonds is 6. The molecule has 0 amide bonds. The Morgan fingerprint density at radius 3 is 2.52 bits per heavy atom. The van der Waals surface area contributed by atoms with Gasteiger partial charge in [-0.2, -0.15) is 5.10 Å². The lowest BCUT2D eigenvalue weighted by Gasteiger charge is -2.25. The molecule has 0 saturated carbocycles. The van der Waals surface area contributed by atoms with E-state index >= 15 is 0 Å². The molecule has 0 bridgehead atoms. The van der Waals surface area contributed by atoms with Gasteiger partial charge in [-0.25, -0.2) is 0 Å². The maximum absolute atomic E-state index is 6.49. The fourth-order valence-electron chi connectivity index (χ4n) is 2.73. The van der Waals surface area contributed by atoms with Crippen LogP contribution in [-0.2, 0) is 12.0 Å². The van der Waals surface area contributed by atoms with Crippen LogP contribution in [0.1, 0.15) is 50.9 Å². The molecule has 2 N–H and O–H groups in total. The monoisotopic (exact) mass is 305 g/mol. The first-order chi connectivity index (χ1) is 9.97. The minimum Gasteiger partial charge on any atom is -0.321 e. The number of aromatic nitrogens is 2. The highest BCUT2D eigenvalue weighted by Gasteiger charge is 2.25. The Kier molecular flexibility index (Phi) is 5.07. The number of nitrogens with zero attached hydrogens (tertiary/aromatic N) is 2. The fourth-order valence-corrected chi connectivity index (χ4v) is 3.09. The van der Waals surface area contributed by atoms with E-state index < -0.39 is 5.54 Å². The van der Waals surface area contributed by atoms with Gasteiger partial charge in [-0.15, -0.1) is 0 Å². The normalized spacial score (nSPS) is 14.4. The van der Waals surface area contributed by atoms with E-state index in [2.05, 4.69) is 35.9 Å². The molecule has 3 nitrogen and oxygen atoms in total. The van der Waals surface area contributed by atoms with Gasteiger partial charge in [0.15, 0.2) is 0 Å². The van der Waals surface area contributed by atoms with Crippen molar-refractivity contribution < 1.29 is 0 Å². The lowest BCUT2D eigenvalue weighted by Crippen LogP contribution is -2.36. The summed E-state index contributed by atoms with van der Waals surface area (Å²) in [6.45, 7) is 6.38. The van der Waals surface area contributed by atoms with Gasteiger partial charge in [-0.05, 0) is 37.5 Å². The summed E-state index contributed by atoms with van der Waals surface area (Å²) >= 11 is 6.27. The van der Waals surface area contributed by atoms with Crippen LogP contribution < -0.4 is 5.73 Å². The molecule has 4 heteroatoms. The van der Waals surface area contributed by atoms with E-state index in [0.29, 0.717) is 17.5 Å². The second-order valence-electron chi connectivity index (χ2n) is 5.83. The Balaban J connectivity index is 2.19. The van der Waals surface area contributed by atoms with Crippen LogP contribution in [0.5, 0.6) is 0 Å². The first-order valence-electron chi connectivity index (χ1n) is 7.55. The highest BCUT2D eigenvalue weighted by Crippen LogP contribution is 2.28.